The van der Waals surface area contributed by atoms with Gasteiger partial charge in [-0.1, -0.05) is 12.1 Å². The maximum atomic E-state index is 13.8. The fourth-order valence-electron chi connectivity index (χ4n) is 2.11. The molecule has 2 rings (SSSR count). The number of ether oxygens (including phenoxy) is 1. The third-order valence-corrected chi connectivity index (χ3v) is 4.36. The smallest absolute Gasteiger partial charge is 0.254 e. The molecule has 7 nitrogen and oxygen atoms in total. The molecule has 0 heterocycles. The predicted octanol–water partition coefficient (Wildman–Crippen LogP) is 0.945. The van der Waals surface area contributed by atoms with Crippen LogP contribution < -0.4 is 15.2 Å². The number of nitrogens with two attached hydrogens (primary N) is 1. The van der Waals surface area contributed by atoms with E-state index in [0.717, 1.165) is 18.2 Å². The Balaban J connectivity index is 2.12. The summed E-state index contributed by atoms with van der Waals surface area (Å²) in [6.07, 6.45) is -1.05. The first-order chi connectivity index (χ1) is 11.7. The summed E-state index contributed by atoms with van der Waals surface area (Å²) in [6.45, 7) is -0.203. The van der Waals surface area contributed by atoms with E-state index in [9.17, 15) is 22.7 Å². The molecule has 0 aromatic heterocycles. The van der Waals surface area contributed by atoms with Crippen molar-refractivity contribution in [2.45, 2.75) is 11.0 Å². The van der Waals surface area contributed by atoms with E-state index < -0.39 is 33.4 Å². The predicted molar refractivity (Wildman–Crippen MR) is 88.1 cm³/mol. The first-order valence-electron chi connectivity index (χ1n) is 7.15. The zero-order valence-corrected chi connectivity index (χ0v) is 14.1. The summed E-state index contributed by atoms with van der Waals surface area (Å²) >= 11 is 0. The number of nitrogens with one attached hydrogen (secondary N) is 1. The van der Waals surface area contributed by atoms with Crippen LogP contribution in [0.5, 0.6) is 5.75 Å². The average Bonchev–Trinajstić information content (AvgIpc) is 2.58. The average molecular weight is 368 g/mol. The van der Waals surface area contributed by atoms with Crippen molar-refractivity contribution in [3.63, 3.8) is 0 Å². The van der Waals surface area contributed by atoms with Crippen molar-refractivity contribution >= 4 is 15.9 Å². The molecule has 0 fully saturated rings. The molecule has 0 saturated heterocycles. The molecule has 2 aromatic carbocycles. The van der Waals surface area contributed by atoms with Gasteiger partial charge in [0.25, 0.3) is 5.91 Å². The molecule has 0 aliphatic heterocycles. The second-order valence-electron chi connectivity index (χ2n) is 5.19. The van der Waals surface area contributed by atoms with Gasteiger partial charge in [0.2, 0.25) is 10.0 Å². The molecule has 0 bridgehead atoms. The van der Waals surface area contributed by atoms with Crippen molar-refractivity contribution in [1.82, 2.24) is 5.32 Å². The van der Waals surface area contributed by atoms with E-state index in [1.807, 2.05) is 0 Å². The summed E-state index contributed by atoms with van der Waals surface area (Å²) in [6, 6.07) is 9.26. The Morgan fingerprint density at radius 1 is 1.32 bits per heavy atom. The summed E-state index contributed by atoms with van der Waals surface area (Å²) in [5, 5.41) is 17.4. The largest absolute Gasteiger partial charge is 0.497 e. The number of benzene rings is 2. The van der Waals surface area contributed by atoms with Crippen molar-refractivity contribution in [3.8, 4) is 5.75 Å². The van der Waals surface area contributed by atoms with Crippen LogP contribution in [0.15, 0.2) is 47.4 Å². The zero-order chi connectivity index (χ0) is 18.6. The Kier molecular flexibility index (Phi) is 5.73. The van der Waals surface area contributed by atoms with Crippen LogP contribution in [0.2, 0.25) is 0 Å². The number of aliphatic hydroxyl groups is 1. The normalized spacial score (nSPS) is 12.5. The van der Waals surface area contributed by atoms with E-state index in [-0.39, 0.29) is 11.4 Å². The van der Waals surface area contributed by atoms with Gasteiger partial charge >= 0.3 is 0 Å². The van der Waals surface area contributed by atoms with Crippen LogP contribution in [-0.4, -0.2) is 33.1 Å². The van der Waals surface area contributed by atoms with Crippen LogP contribution in [0.25, 0.3) is 0 Å². The molecule has 9 heteroatoms. The number of primary sulfonamides is 1. The molecule has 1 atom stereocenters. The van der Waals surface area contributed by atoms with Gasteiger partial charge in [0.1, 0.15) is 11.6 Å². The summed E-state index contributed by atoms with van der Waals surface area (Å²) in [7, 11) is -2.59. The molecule has 0 unspecified atom stereocenters. The summed E-state index contributed by atoms with van der Waals surface area (Å²) in [4.78, 5) is 11.7. The number of hydrogen-bond acceptors (Lipinski definition) is 5. The Hall–Kier alpha value is -2.49. The fraction of sp³-hybridized carbons (Fsp3) is 0.188. The third-order valence-electron chi connectivity index (χ3n) is 3.45. The number of rotatable bonds is 6. The highest BCUT2D eigenvalue weighted by molar-refractivity contribution is 7.89. The van der Waals surface area contributed by atoms with Crippen LogP contribution in [0, 0.1) is 5.82 Å². The van der Waals surface area contributed by atoms with Gasteiger partial charge in [-0.15, -0.1) is 0 Å². The fourth-order valence-corrected chi connectivity index (χ4v) is 2.65. The molecule has 0 saturated carbocycles. The highest BCUT2D eigenvalue weighted by Gasteiger charge is 2.18. The Labute approximate surface area is 144 Å². The molecule has 1 amide bonds. The summed E-state index contributed by atoms with van der Waals surface area (Å²) in [5.74, 6) is -1.24. The standard InChI is InChI=1S/C16H17FN2O5S/c1-24-11-4-2-3-10(7-11)15(20)9-19-16(21)13-8-12(25(18,22)23)5-6-14(13)17/h2-8,15,20H,9H2,1H3,(H,19,21)(H2,18,22,23)/t15-/m1/s1. The lowest BCUT2D eigenvalue weighted by atomic mass is 10.1. The molecule has 2 aromatic rings. The number of amides is 1. The first-order valence-corrected chi connectivity index (χ1v) is 8.69. The second kappa shape index (κ2) is 7.60. The van der Waals surface area contributed by atoms with E-state index in [1.54, 1.807) is 24.3 Å². The minimum atomic E-state index is -4.07. The van der Waals surface area contributed by atoms with Gasteiger partial charge in [-0.25, -0.2) is 17.9 Å². The highest BCUT2D eigenvalue weighted by Crippen LogP contribution is 2.19. The Morgan fingerprint density at radius 2 is 2.04 bits per heavy atom. The maximum absolute atomic E-state index is 13.8. The number of methoxy groups -OCH3 is 1. The minimum Gasteiger partial charge on any atom is -0.497 e. The van der Waals surface area contributed by atoms with Crippen LogP contribution in [0.1, 0.15) is 22.0 Å². The summed E-state index contributed by atoms with van der Waals surface area (Å²) < 4.78 is 41.4. The number of halogens is 1. The lowest BCUT2D eigenvalue weighted by Crippen LogP contribution is -2.29. The van der Waals surface area contributed by atoms with E-state index in [1.165, 1.54) is 7.11 Å². The van der Waals surface area contributed by atoms with Gasteiger partial charge in [0.15, 0.2) is 0 Å². The quantitative estimate of drug-likeness (QED) is 0.701. The molecular formula is C16H17FN2O5S. The molecule has 4 N–H and O–H groups in total. The third kappa shape index (κ3) is 4.75. The lowest BCUT2D eigenvalue weighted by Gasteiger charge is -2.14. The van der Waals surface area contributed by atoms with Gasteiger partial charge < -0.3 is 15.2 Å². The maximum Gasteiger partial charge on any atom is 0.254 e. The van der Waals surface area contributed by atoms with Crippen molar-refractivity contribution in [1.29, 1.82) is 0 Å². The van der Waals surface area contributed by atoms with Gasteiger partial charge in [0, 0.05) is 6.54 Å². The van der Waals surface area contributed by atoms with Gasteiger partial charge in [-0.2, -0.15) is 0 Å². The molecule has 0 spiro atoms. The molecular weight excluding hydrogens is 351 g/mol. The van der Waals surface area contributed by atoms with E-state index >= 15 is 0 Å². The molecule has 0 aliphatic rings. The minimum absolute atomic E-state index is 0.203. The van der Waals surface area contributed by atoms with E-state index in [0.29, 0.717) is 11.3 Å². The number of carbonyl (C=O) groups is 1. The van der Waals surface area contributed by atoms with E-state index in [2.05, 4.69) is 5.32 Å². The topological polar surface area (TPSA) is 119 Å². The van der Waals surface area contributed by atoms with E-state index in [4.69, 9.17) is 9.88 Å². The van der Waals surface area contributed by atoms with Crippen molar-refractivity contribution in [3.05, 3.63) is 59.4 Å². The van der Waals surface area contributed by atoms with Crippen molar-refractivity contribution in [2.24, 2.45) is 5.14 Å². The SMILES string of the molecule is COc1cccc([C@H](O)CNC(=O)c2cc(S(N)(=O)=O)ccc2F)c1. The Morgan fingerprint density at radius 3 is 2.68 bits per heavy atom. The molecule has 134 valence electrons. The monoisotopic (exact) mass is 368 g/mol. The highest BCUT2D eigenvalue weighted by atomic mass is 32.2. The second-order valence-corrected chi connectivity index (χ2v) is 6.75. The lowest BCUT2D eigenvalue weighted by molar-refractivity contribution is 0.0912. The van der Waals surface area contributed by atoms with Crippen molar-refractivity contribution < 1.29 is 27.4 Å². The molecule has 0 radical (unpaired) electrons. The van der Waals surface area contributed by atoms with Crippen LogP contribution in [0.3, 0.4) is 0 Å². The van der Waals surface area contributed by atoms with Gasteiger partial charge in [-0.05, 0) is 35.9 Å². The summed E-state index contributed by atoms with van der Waals surface area (Å²) in [5.41, 5.74) is 0.0165. The molecule has 25 heavy (non-hydrogen) atoms. The zero-order valence-electron chi connectivity index (χ0n) is 13.3. The number of sulfonamides is 1. The number of hydrogen-bond donors (Lipinski definition) is 3. The van der Waals surface area contributed by atoms with Gasteiger partial charge in [0.05, 0.1) is 23.7 Å². The first kappa shape index (κ1) is 18.8. The van der Waals surface area contributed by atoms with Crippen molar-refractivity contribution in [2.75, 3.05) is 13.7 Å². The van der Waals surface area contributed by atoms with Crippen LogP contribution in [-0.2, 0) is 10.0 Å². The Bertz CT molecular complexity index is 886. The van der Waals surface area contributed by atoms with Crippen LogP contribution in [0.4, 0.5) is 4.39 Å². The van der Waals surface area contributed by atoms with Crippen LogP contribution >= 0.6 is 0 Å². The van der Waals surface area contributed by atoms with Gasteiger partial charge in [-0.3, -0.25) is 4.79 Å². The number of carbonyl (C=O) groups excluding carboxylic acids is 1. The number of aliphatic hydroxyl groups excluding tert-OH is 1. The molecule has 0 aliphatic carbocycles.